The highest BCUT2D eigenvalue weighted by atomic mass is 35.5. The third kappa shape index (κ3) is 14.9. The molecule has 24 heavy (non-hydrogen) atoms. The molecule has 0 aromatic carbocycles. The summed E-state index contributed by atoms with van der Waals surface area (Å²) in [7, 11) is -1.96. The maximum absolute atomic E-state index is 11.5. The third-order valence-corrected chi connectivity index (χ3v) is 8.52. The van der Waals surface area contributed by atoms with Crippen LogP contribution in [0, 0.1) is 0 Å². The molecule has 1 aromatic rings. The van der Waals surface area contributed by atoms with Crippen LogP contribution in [0.15, 0.2) is 18.3 Å². The van der Waals surface area contributed by atoms with Crippen molar-refractivity contribution in [2.24, 2.45) is 0 Å². The fourth-order valence-corrected chi connectivity index (χ4v) is 11.4. The molecule has 1 rings (SSSR count). The predicted octanol–water partition coefficient (Wildman–Crippen LogP) is 4.87. The summed E-state index contributed by atoms with van der Waals surface area (Å²) in [6.45, 7) is 19.6. The average Bonchev–Trinajstić information content (AvgIpc) is 2.20. The molecule has 7 heteroatoms. The Labute approximate surface area is 154 Å². The van der Waals surface area contributed by atoms with Crippen LogP contribution in [0.1, 0.15) is 26.3 Å². The minimum Gasteiger partial charge on any atom is -0.460 e. The summed E-state index contributed by atoms with van der Waals surface area (Å²) in [5, 5.41) is 0.385. The second kappa shape index (κ2) is 9.13. The smallest absolute Gasteiger partial charge is 0.310 e. The molecule has 138 valence electrons. The molecule has 1 heterocycles. The number of hydrogen-bond donors (Lipinski definition) is 1. The zero-order chi connectivity index (χ0) is 19.2. The number of aromatic nitrogens is 1. The Morgan fingerprint density at radius 1 is 1.17 bits per heavy atom. The van der Waals surface area contributed by atoms with Crippen LogP contribution in [0.25, 0.3) is 0 Å². The van der Waals surface area contributed by atoms with Crippen molar-refractivity contribution in [3.63, 3.8) is 0 Å². The number of ether oxygens (including phenoxy) is 1. The number of pyridine rings is 1. The van der Waals surface area contributed by atoms with Gasteiger partial charge in [0.1, 0.15) is 27.2 Å². The van der Waals surface area contributed by atoms with Crippen molar-refractivity contribution in [1.82, 2.24) is 9.63 Å². The average molecular weight is 389 g/mol. The van der Waals surface area contributed by atoms with E-state index in [0.717, 1.165) is 5.56 Å². The van der Waals surface area contributed by atoms with E-state index in [0.29, 0.717) is 5.15 Å². The fraction of sp³-hybridized carbons (Fsp3) is 0.647. The molecule has 0 saturated carbocycles. The zero-order valence-corrected chi connectivity index (χ0v) is 19.3. The van der Waals surface area contributed by atoms with Crippen molar-refractivity contribution < 1.29 is 9.53 Å². The molecule has 0 fully saturated rings. The van der Waals surface area contributed by atoms with Crippen LogP contribution in [0.4, 0.5) is 0 Å². The molecule has 1 aromatic heterocycles. The second-order valence-corrected chi connectivity index (χ2v) is 19.3. The molecule has 4 nitrogen and oxygen atoms in total. The van der Waals surface area contributed by atoms with E-state index < -0.39 is 22.1 Å². The molecule has 0 unspecified atom stereocenters. The summed E-state index contributed by atoms with van der Waals surface area (Å²) in [6, 6.07) is 3.40. The van der Waals surface area contributed by atoms with E-state index in [4.69, 9.17) is 16.3 Å². The minimum absolute atomic E-state index is 0.222. The lowest BCUT2D eigenvalue weighted by atomic mass is 10.1. The van der Waals surface area contributed by atoms with Crippen LogP contribution in [-0.4, -0.2) is 33.0 Å². The standard InChI is InChI=1S/C11H14ClNO2.C6H19NSi2/c1-11(2,3)15-10(14)7-8-4-5-13-9(12)6-8;1-8(2,3)7-9(4,5)6/h4-6H,7H2,1-3H3;7H,1-6H3. The van der Waals surface area contributed by atoms with Gasteiger partial charge in [0.15, 0.2) is 0 Å². The summed E-state index contributed by atoms with van der Waals surface area (Å²) in [5.74, 6) is -0.259. The first kappa shape index (κ1) is 23.3. The van der Waals surface area contributed by atoms with Crippen molar-refractivity contribution in [3.05, 3.63) is 29.0 Å². The van der Waals surface area contributed by atoms with Crippen molar-refractivity contribution in [1.29, 1.82) is 0 Å². The number of esters is 1. The van der Waals surface area contributed by atoms with Gasteiger partial charge in [0.25, 0.3) is 0 Å². The number of carbonyl (C=O) groups is 1. The summed E-state index contributed by atoms with van der Waals surface area (Å²) in [5.41, 5.74) is 0.359. The quantitative estimate of drug-likeness (QED) is 0.454. The highest BCUT2D eigenvalue weighted by Gasteiger charge is 2.22. The maximum atomic E-state index is 11.5. The SMILES string of the molecule is CC(C)(C)OC(=O)Cc1ccnc(Cl)c1.C[Si](C)(C)N[Si](C)(C)C. The minimum atomic E-state index is -0.981. The Morgan fingerprint density at radius 3 is 2.00 bits per heavy atom. The van der Waals surface area contributed by atoms with Crippen LogP contribution in [-0.2, 0) is 16.0 Å². The van der Waals surface area contributed by atoms with Gasteiger partial charge in [-0.2, -0.15) is 0 Å². The lowest BCUT2D eigenvalue weighted by Gasteiger charge is -2.28. The van der Waals surface area contributed by atoms with E-state index in [-0.39, 0.29) is 12.4 Å². The lowest BCUT2D eigenvalue weighted by Crippen LogP contribution is -2.55. The van der Waals surface area contributed by atoms with Crippen LogP contribution in [0.5, 0.6) is 0 Å². The molecular weight excluding hydrogens is 356 g/mol. The topological polar surface area (TPSA) is 51.2 Å². The normalized spacial score (nSPS) is 12.2. The molecule has 0 spiro atoms. The zero-order valence-electron chi connectivity index (χ0n) is 16.6. The van der Waals surface area contributed by atoms with E-state index in [2.05, 4.69) is 48.9 Å². The van der Waals surface area contributed by atoms with Gasteiger partial charge >= 0.3 is 5.97 Å². The Bertz CT molecular complexity index is 521. The number of carbonyl (C=O) groups excluding carboxylic acids is 1. The lowest BCUT2D eigenvalue weighted by molar-refractivity contribution is -0.153. The molecule has 0 bridgehead atoms. The molecule has 0 aliphatic rings. The summed E-state index contributed by atoms with van der Waals surface area (Å²) >= 11 is 5.70. The van der Waals surface area contributed by atoms with Gasteiger partial charge in [-0.3, -0.25) is 4.79 Å². The Morgan fingerprint density at radius 2 is 1.67 bits per heavy atom. The van der Waals surface area contributed by atoms with Crippen LogP contribution < -0.4 is 4.65 Å². The number of halogens is 1. The largest absolute Gasteiger partial charge is 0.460 e. The van der Waals surface area contributed by atoms with Gasteiger partial charge in [-0.25, -0.2) is 4.98 Å². The Hall–Kier alpha value is -0.696. The third-order valence-electron chi connectivity index (χ3n) is 2.31. The van der Waals surface area contributed by atoms with E-state index >= 15 is 0 Å². The van der Waals surface area contributed by atoms with Gasteiger partial charge in [-0.15, -0.1) is 0 Å². The summed E-state index contributed by atoms with van der Waals surface area (Å²) in [6.07, 6.45) is 1.79. The second-order valence-electron chi connectivity index (χ2n) is 8.88. The molecule has 0 saturated heterocycles. The van der Waals surface area contributed by atoms with Gasteiger partial charge in [-0.05, 0) is 38.5 Å². The highest BCUT2D eigenvalue weighted by Crippen LogP contribution is 2.12. The van der Waals surface area contributed by atoms with E-state index in [1.165, 1.54) is 0 Å². The highest BCUT2D eigenvalue weighted by molar-refractivity contribution is 6.90. The molecule has 0 aliphatic carbocycles. The molecule has 0 atom stereocenters. The summed E-state index contributed by atoms with van der Waals surface area (Å²) < 4.78 is 8.92. The first-order chi connectivity index (χ1) is 10.6. The first-order valence-electron chi connectivity index (χ1n) is 8.19. The van der Waals surface area contributed by atoms with E-state index in [9.17, 15) is 4.79 Å². The van der Waals surface area contributed by atoms with Crippen molar-refractivity contribution in [3.8, 4) is 0 Å². The van der Waals surface area contributed by atoms with Crippen LogP contribution in [0.3, 0.4) is 0 Å². The van der Waals surface area contributed by atoms with E-state index in [1.807, 2.05) is 20.8 Å². The first-order valence-corrected chi connectivity index (χ1v) is 15.6. The van der Waals surface area contributed by atoms with Gasteiger partial charge in [0.2, 0.25) is 0 Å². The van der Waals surface area contributed by atoms with Crippen molar-refractivity contribution in [2.75, 3.05) is 0 Å². The van der Waals surface area contributed by atoms with Crippen molar-refractivity contribution in [2.45, 2.75) is 72.1 Å². The van der Waals surface area contributed by atoms with Gasteiger partial charge in [-0.1, -0.05) is 50.9 Å². The molecule has 1 N–H and O–H groups in total. The van der Waals surface area contributed by atoms with Crippen LogP contribution in [0.2, 0.25) is 44.4 Å². The van der Waals surface area contributed by atoms with Gasteiger partial charge < -0.3 is 9.38 Å². The van der Waals surface area contributed by atoms with E-state index in [1.54, 1.807) is 18.3 Å². The maximum Gasteiger partial charge on any atom is 0.310 e. The van der Waals surface area contributed by atoms with Crippen LogP contribution >= 0.6 is 11.6 Å². The molecule has 0 amide bonds. The number of nitrogens with one attached hydrogen (secondary N) is 1. The number of nitrogens with zero attached hydrogens (tertiary/aromatic N) is 1. The fourth-order valence-electron chi connectivity index (χ4n) is 2.22. The number of rotatable bonds is 4. The van der Waals surface area contributed by atoms with Gasteiger partial charge in [0, 0.05) is 6.20 Å². The predicted molar refractivity (Wildman–Crippen MR) is 109 cm³/mol. The van der Waals surface area contributed by atoms with Crippen molar-refractivity contribution >= 4 is 34.0 Å². The molecule has 0 aliphatic heterocycles. The molecular formula is C17H33ClN2O2Si2. The Balaban J connectivity index is 0.000000506. The molecule has 0 radical (unpaired) electrons. The monoisotopic (exact) mass is 388 g/mol. The summed E-state index contributed by atoms with van der Waals surface area (Å²) in [4.78, 5) is 15.3. The Kier molecular flexibility index (Phi) is 8.86. The number of hydrogen-bond acceptors (Lipinski definition) is 4. The van der Waals surface area contributed by atoms with Gasteiger partial charge in [0.05, 0.1) is 6.42 Å².